The quantitative estimate of drug-likeness (QED) is 0.105. The van der Waals surface area contributed by atoms with Gasteiger partial charge < -0.3 is 28.9 Å². The lowest BCUT2D eigenvalue weighted by Crippen LogP contribution is -2.25. The topological polar surface area (TPSA) is 107 Å². The van der Waals surface area contributed by atoms with Gasteiger partial charge in [0, 0.05) is 18.9 Å². The number of hydrogen-bond donors (Lipinski definition) is 0. The third-order valence-electron chi connectivity index (χ3n) is 6.08. The molecule has 1 atom stereocenters. The van der Waals surface area contributed by atoms with Crippen LogP contribution in [0.4, 0.5) is 8.78 Å². The standard InChI is InChI=1S/C28H25Cl2F2NO8/c1-15(34)39-26-10-18(6-7-22(26)37-2)27(35)40-24(11-19-20(29)12-33(36)13-21(19)30)17-5-8-23(41-28(31)32)25(9-17)38-14-16-3-4-16/h5-10,12-13,16,24,28H,3-4,11,14H2,1-2H3/t24-/m0/s1. The van der Waals surface area contributed by atoms with E-state index in [1.807, 2.05) is 0 Å². The largest absolute Gasteiger partial charge is 0.619 e. The van der Waals surface area contributed by atoms with E-state index in [1.165, 1.54) is 50.4 Å². The first-order valence-corrected chi connectivity index (χ1v) is 13.1. The number of alkyl halides is 2. The fraction of sp³-hybridized carbons (Fsp3) is 0.321. The summed E-state index contributed by atoms with van der Waals surface area (Å²) in [5.74, 6) is -1.05. The molecule has 1 aliphatic rings. The Bertz CT molecular complexity index is 1410. The second-order valence-corrected chi connectivity index (χ2v) is 10.0. The van der Waals surface area contributed by atoms with Gasteiger partial charge in [-0.2, -0.15) is 13.5 Å². The van der Waals surface area contributed by atoms with Crippen LogP contribution in [0.25, 0.3) is 0 Å². The van der Waals surface area contributed by atoms with Crippen molar-refractivity contribution in [3.63, 3.8) is 0 Å². The number of ether oxygens (including phenoxy) is 5. The van der Waals surface area contributed by atoms with Gasteiger partial charge in [0.2, 0.25) is 0 Å². The highest BCUT2D eigenvalue weighted by Gasteiger charge is 2.27. The maximum Gasteiger partial charge on any atom is 0.387 e. The molecule has 0 amide bonds. The number of carbonyl (C=O) groups is 2. The number of esters is 2. The molecule has 4 rings (SSSR count). The predicted molar refractivity (Wildman–Crippen MR) is 143 cm³/mol. The van der Waals surface area contributed by atoms with Gasteiger partial charge in [-0.05, 0) is 54.7 Å². The first kappa shape index (κ1) is 30.1. The second-order valence-electron chi connectivity index (χ2n) is 9.19. The number of methoxy groups -OCH3 is 1. The highest BCUT2D eigenvalue weighted by molar-refractivity contribution is 6.35. The van der Waals surface area contributed by atoms with Crippen LogP contribution in [0.3, 0.4) is 0 Å². The monoisotopic (exact) mass is 611 g/mol. The molecule has 1 heterocycles. The Morgan fingerprint density at radius 1 is 1.02 bits per heavy atom. The van der Waals surface area contributed by atoms with E-state index in [-0.39, 0.29) is 45.0 Å². The van der Waals surface area contributed by atoms with E-state index >= 15 is 0 Å². The van der Waals surface area contributed by atoms with Crippen LogP contribution in [0.2, 0.25) is 10.0 Å². The molecule has 1 fully saturated rings. The van der Waals surface area contributed by atoms with E-state index in [2.05, 4.69) is 4.74 Å². The van der Waals surface area contributed by atoms with Crippen molar-refractivity contribution in [1.29, 1.82) is 0 Å². The Kier molecular flexibility index (Phi) is 9.72. The number of aromatic nitrogens is 1. The maximum absolute atomic E-state index is 13.3. The van der Waals surface area contributed by atoms with Gasteiger partial charge in [0.05, 0.1) is 19.3 Å². The summed E-state index contributed by atoms with van der Waals surface area (Å²) in [4.78, 5) is 24.9. The molecule has 13 heteroatoms. The lowest BCUT2D eigenvalue weighted by molar-refractivity contribution is -0.605. The highest BCUT2D eigenvalue weighted by atomic mass is 35.5. The average Bonchev–Trinajstić information content (AvgIpc) is 3.73. The lowest BCUT2D eigenvalue weighted by atomic mass is 10.0. The SMILES string of the molecule is COc1ccc(C(=O)O[C@@H](Cc2c(Cl)c[n+]([O-])cc2Cl)c2ccc(OC(F)F)c(OCC3CC3)c2)cc1OC(C)=O. The van der Waals surface area contributed by atoms with Crippen molar-refractivity contribution in [2.24, 2.45) is 5.92 Å². The molecule has 1 aliphatic carbocycles. The number of hydrogen-bond acceptors (Lipinski definition) is 8. The fourth-order valence-corrected chi connectivity index (χ4v) is 4.50. The van der Waals surface area contributed by atoms with Gasteiger partial charge in [0.25, 0.3) is 0 Å². The molecule has 2 aromatic carbocycles. The molecule has 0 radical (unpaired) electrons. The van der Waals surface area contributed by atoms with Gasteiger partial charge in [0.1, 0.15) is 16.1 Å². The molecule has 0 N–H and O–H groups in total. The third-order valence-corrected chi connectivity index (χ3v) is 6.73. The molecule has 0 spiro atoms. The van der Waals surface area contributed by atoms with Crippen molar-refractivity contribution in [3.05, 3.63) is 80.7 Å². The molecule has 3 aromatic rings. The number of rotatable bonds is 12. The maximum atomic E-state index is 13.3. The summed E-state index contributed by atoms with van der Waals surface area (Å²) >= 11 is 12.6. The smallest absolute Gasteiger partial charge is 0.387 e. The summed E-state index contributed by atoms with van der Waals surface area (Å²) < 4.78 is 53.1. The molecule has 0 bridgehead atoms. The summed E-state index contributed by atoms with van der Waals surface area (Å²) in [6, 6.07) is 8.30. The van der Waals surface area contributed by atoms with Crippen LogP contribution in [-0.4, -0.2) is 32.3 Å². The summed E-state index contributed by atoms with van der Waals surface area (Å²) in [6.45, 7) is -1.58. The molecule has 1 aromatic heterocycles. The molecule has 41 heavy (non-hydrogen) atoms. The zero-order valence-electron chi connectivity index (χ0n) is 21.9. The molecular weight excluding hydrogens is 587 g/mol. The average molecular weight is 612 g/mol. The van der Waals surface area contributed by atoms with Gasteiger partial charge in [-0.15, -0.1) is 0 Å². The van der Waals surface area contributed by atoms with E-state index in [4.69, 9.17) is 42.1 Å². The molecule has 1 saturated carbocycles. The zero-order valence-corrected chi connectivity index (χ0v) is 23.4. The predicted octanol–water partition coefficient (Wildman–Crippen LogP) is 6.09. The number of carbonyl (C=O) groups excluding carboxylic acids is 2. The number of pyridine rings is 1. The fourth-order valence-electron chi connectivity index (χ4n) is 3.90. The van der Waals surface area contributed by atoms with Crippen LogP contribution in [-0.2, 0) is 16.0 Å². The molecule has 0 aliphatic heterocycles. The van der Waals surface area contributed by atoms with Crippen molar-refractivity contribution >= 4 is 35.1 Å². The second kappa shape index (κ2) is 13.2. The van der Waals surface area contributed by atoms with Crippen LogP contribution < -0.4 is 23.7 Å². The Hall–Kier alpha value is -3.83. The van der Waals surface area contributed by atoms with Gasteiger partial charge in [0.15, 0.2) is 35.4 Å². The van der Waals surface area contributed by atoms with E-state index in [0.717, 1.165) is 25.2 Å². The van der Waals surface area contributed by atoms with E-state index in [1.54, 1.807) is 0 Å². The number of halogens is 4. The normalized spacial score (nSPS) is 13.4. The van der Waals surface area contributed by atoms with Gasteiger partial charge in [-0.1, -0.05) is 29.3 Å². The minimum Gasteiger partial charge on any atom is -0.619 e. The van der Waals surface area contributed by atoms with Crippen LogP contribution in [0.5, 0.6) is 23.0 Å². The van der Waals surface area contributed by atoms with Gasteiger partial charge in [-0.25, -0.2) is 4.79 Å². The Morgan fingerprint density at radius 2 is 1.71 bits per heavy atom. The van der Waals surface area contributed by atoms with Crippen molar-refractivity contribution in [3.8, 4) is 23.0 Å². The molecule has 9 nitrogen and oxygen atoms in total. The summed E-state index contributed by atoms with van der Waals surface area (Å²) in [5.41, 5.74) is 0.685. The van der Waals surface area contributed by atoms with Crippen molar-refractivity contribution in [2.45, 2.75) is 38.9 Å². The van der Waals surface area contributed by atoms with Crippen molar-refractivity contribution in [1.82, 2.24) is 0 Å². The van der Waals surface area contributed by atoms with Gasteiger partial charge >= 0.3 is 18.6 Å². The first-order chi connectivity index (χ1) is 19.5. The lowest BCUT2D eigenvalue weighted by Gasteiger charge is -2.21. The third kappa shape index (κ3) is 8.11. The van der Waals surface area contributed by atoms with Crippen LogP contribution in [0.1, 0.15) is 47.4 Å². The number of nitrogens with zero attached hydrogens (tertiary/aromatic N) is 1. The summed E-state index contributed by atoms with van der Waals surface area (Å²) in [6.07, 6.45) is 2.96. The van der Waals surface area contributed by atoms with Crippen LogP contribution in [0.15, 0.2) is 48.8 Å². The minimum atomic E-state index is -3.08. The van der Waals surface area contributed by atoms with Crippen LogP contribution >= 0.6 is 23.2 Å². The first-order valence-electron chi connectivity index (χ1n) is 12.4. The molecule has 0 unspecified atom stereocenters. The van der Waals surface area contributed by atoms with E-state index in [9.17, 15) is 23.6 Å². The summed E-state index contributed by atoms with van der Waals surface area (Å²) in [5, 5.41) is 11.8. The Balaban J connectivity index is 1.71. The molecule has 218 valence electrons. The molecule has 0 saturated heterocycles. The Labute approximate surface area is 244 Å². The van der Waals surface area contributed by atoms with Crippen molar-refractivity contribution in [2.75, 3.05) is 13.7 Å². The van der Waals surface area contributed by atoms with E-state index < -0.39 is 24.7 Å². The van der Waals surface area contributed by atoms with Crippen LogP contribution in [0, 0.1) is 11.1 Å². The highest BCUT2D eigenvalue weighted by Crippen LogP contribution is 2.38. The Morgan fingerprint density at radius 3 is 2.32 bits per heavy atom. The van der Waals surface area contributed by atoms with Gasteiger partial charge in [-0.3, -0.25) is 4.79 Å². The summed E-state index contributed by atoms with van der Waals surface area (Å²) in [7, 11) is 1.37. The zero-order chi connectivity index (χ0) is 29.7. The number of benzene rings is 2. The van der Waals surface area contributed by atoms with Crippen molar-refractivity contribution < 1.29 is 46.8 Å². The minimum absolute atomic E-state index is 0.00408. The van der Waals surface area contributed by atoms with E-state index in [0.29, 0.717) is 28.4 Å². The molecular formula is C28H25Cl2F2NO8.